The van der Waals surface area contributed by atoms with Crippen LogP contribution in [0.25, 0.3) is 0 Å². The predicted molar refractivity (Wildman–Crippen MR) is 71.1 cm³/mol. The van der Waals surface area contributed by atoms with Gasteiger partial charge in [-0.3, -0.25) is 0 Å². The average Bonchev–Trinajstić information content (AvgIpc) is 2.20. The van der Waals surface area contributed by atoms with E-state index in [0.717, 1.165) is 11.6 Å². The Labute approximate surface area is 110 Å². The van der Waals surface area contributed by atoms with E-state index in [2.05, 4.69) is 5.32 Å². The molecule has 0 aliphatic heterocycles. The Kier molecular flexibility index (Phi) is 4.85. The first kappa shape index (κ1) is 13.9. The summed E-state index contributed by atoms with van der Waals surface area (Å²) in [5.74, 6) is -0.961. The molecule has 0 aliphatic carbocycles. The van der Waals surface area contributed by atoms with Crippen LogP contribution in [0, 0.1) is 6.92 Å². The molecule has 5 heteroatoms. The van der Waals surface area contributed by atoms with Crippen LogP contribution in [0.3, 0.4) is 0 Å². The van der Waals surface area contributed by atoms with Crippen LogP contribution in [0.4, 0.5) is 5.69 Å². The summed E-state index contributed by atoms with van der Waals surface area (Å²) in [5, 5.41) is 12.8. The van der Waals surface area contributed by atoms with Crippen LogP contribution in [0.2, 0.25) is 10.0 Å². The van der Waals surface area contributed by atoms with Crippen molar-refractivity contribution in [3.05, 3.63) is 39.4 Å². The van der Waals surface area contributed by atoms with Gasteiger partial charge in [-0.25, -0.2) is 4.79 Å². The van der Waals surface area contributed by atoms with Crippen molar-refractivity contribution >= 4 is 34.9 Å². The fraction of sp³-hybridized carbons (Fsp3) is 0.250. The highest BCUT2D eigenvalue weighted by atomic mass is 35.5. The van der Waals surface area contributed by atoms with Gasteiger partial charge in [0, 0.05) is 17.6 Å². The molecule has 1 aromatic rings. The maximum atomic E-state index is 10.4. The third kappa shape index (κ3) is 4.29. The van der Waals surface area contributed by atoms with Gasteiger partial charge in [0.05, 0.1) is 10.7 Å². The maximum Gasteiger partial charge on any atom is 0.328 e. The van der Waals surface area contributed by atoms with Crippen LogP contribution in [-0.2, 0) is 4.79 Å². The number of halogens is 2. The van der Waals surface area contributed by atoms with Gasteiger partial charge in [-0.15, -0.1) is 0 Å². The summed E-state index contributed by atoms with van der Waals surface area (Å²) in [6, 6.07) is 3.50. The Morgan fingerprint density at radius 2 is 2.06 bits per heavy atom. The highest BCUT2D eigenvalue weighted by molar-refractivity contribution is 6.35. The minimum atomic E-state index is -0.961. The molecule has 2 N–H and O–H groups in total. The standard InChI is InChI=1S/C12H13Cl2NO2/c1-7(3-12(16)17)6-15-11-5-9(13)8(2)4-10(11)14/h3-5,15H,6H2,1-2H3,(H,16,17)/b7-3-. The highest BCUT2D eigenvalue weighted by Gasteiger charge is 2.04. The van der Waals surface area contributed by atoms with Crippen LogP contribution in [0.1, 0.15) is 12.5 Å². The number of hydrogen-bond acceptors (Lipinski definition) is 2. The number of aliphatic carboxylic acids is 1. The van der Waals surface area contributed by atoms with Gasteiger partial charge in [0.2, 0.25) is 0 Å². The summed E-state index contributed by atoms with van der Waals surface area (Å²) in [6.45, 7) is 4.00. The molecule has 0 saturated heterocycles. The molecule has 17 heavy (non-hydrogen) atoms. The van der Waals surface area contributed by atoms with Crippen molar-refractivity contribution in [2.24, 2.45) is 0 Å². The number of carbonyl (C=O) groups is 1. The van der Waals surface area contributed by atoms with Crippen molar-refractivity contribution < 1.29 is 9.90 Å². The zero-order valence-electron chi connectivity index (χ0n) is 9.55. The fourth-order valence-electron chi connectivity index (χ4n) is 1.28. The Hall–Kier alpha value is -1.19. The molecule has 92 valence electrons. The molecule has 0 atom stereocenters. The Morgan fingerprint density at radius 1 is 1.41 bits per heavy atom. The van der Waals surface area contributed by atoms with E-state index in [1.807, 2.05) is 6.92 Å². The Morgan fingerprint density at radius 3 is 2.65 bits per heavy atom. The van der Waals surface area contributed by atoms with E-state index in [4.69, 9.17) is 28.3 Å². The van der Waals surface area contributed by atoms with E-state index in [-0.39, 0.29) is 0 Å². The maximum absolute atomic E-state index is 10.4. The van der Waals surface area contributed by atoms with E-state index in [1.165, 1.54) is 0 Å². The predicted octanol–water partition coefficient (Wildman–Crippen LogP) is 3.74. The van der Waals surface area contributed by atoms with E-state index in [0.29, 0.717) is 27.9 Å². The largest absolute Gasteiger partial charge is 0.478 e. The number of anilines is 1. The number of hydrogen-bond donors (Lipinski definition) is 2. The number of nitrogens with one attached hydrogen (secondary N) is 1. The molecule has 0 spiro atoms. The molecule has 1 aromatic carbocycles. The topological polar surface area (TPSA) is 49.3 Å². The molecule has 0 fully saturated rings. The van der Waals surface area contributed by atoms with Crippen LogP contribution < -0.4 is 5.32 Å². The fourth-order valence-corrected chi connectivity index (χ4v) is 1.73. The molecule has 0 aromatic heterocycles. The summed E-state index contributed by atoms with van der Waals surface area (Å²) >= 11 is 12.0. The lowest BCUT2D eigenvalue weighted by atomic mass is 10.2. The summed E-state index contributed by atoms with van der Waals surface area (Å²) in [6.07, 6.45) is 1.15. The first-order valence-electron chi connectivity index (χ1n) is 4.99. The SMILES string of the molecule is C/C(=C/C(=O)O)CNc1cc(Cl)c(C)cc1Cl. The van der Waals surface area contributed by atoms with Gasteiger partial charge in [-0.2, -0.15) is 0 Å². The number of benzene rings is 1. The first-order valence-corrected chi connectivity index (χ1v) is 5.75. The molecular formula is C12H13Cl2NO2. The van der Waals surface area contributed by atoms with Crippen LogP contribution in [-0.4, -0.2) is 17.6 Å². The monoisotopic (exact) mass is 273 g/mol. The van der Waals surface area contributed by atoms with E-state index in [9.17, 15) is 4.79 Å². The van der Waals surface area contributed by atoms with Crippen LogP contribution in [0.15, 0.2) is 23.8 Å². The van der Waals surface area contributed by atoms with Crippen molar-refractivity contribution in [1.29, 1.82) is 0 Å². The van der Waals surface area contributed by atoms with Gasteiger partial charge in [-0.1, -0.05) is 23.2 Å². The van der Waals surface area contributed by atoms with Crippen molar-refractivity contribution in [1.82, 2.24) is 0 Å². The lowest BCUT2D eigenvalue weighted by Gasteiger charge is -2.10. The van der Waals surface area contributed by atoms with Gasteiger partial charge in [0.25, 0.3) is 0 Å². The molecule has 1 rings (SSSR count). The Bertz CT molecular complexity index is 470. The van der Waals surface area contributed by atoms with Gasteiger partial charge in [0.1, 0.15) is 0 Å². The van der Waals surface area contributed by atoms with Crippen LogP contribution >= 0.6 is 23.2 Å². The second-order valence-corrected chi connectivity index (χ2v) is 4.58. The lowest BCUT2D eigenvalue weighted by Crippen LogP contribution is -2.05. The van der Waals surface area contributed by atoms with Gasteiger partial charge in [-0.05, 0) is 37.1 Å². The van der Waals surface area contributed by atoms with Crippen molar-refractivity contribution in [2.75, 3.05) is 11.9 Å². The summed E-state index contributed by atoms with van der Waals surface area (Å²) in [4.78, 5) is 10.4. The number of carboxylic acid groups (broad SMARTS) is 1. The third-order valence-corrected chi connectivity index (χ3v) is 2.90. The number of carboxylic acids is 1. The minimum Gasteiger partial charge on any atom is -0.478 e. The molecule has 0 saturated carbocycles. The molecule has 0 aliphatic rings. The van der Waals surface area contributed by atoms with Crippen LogP contribution in [0.5, 0.6) is 0 Å². The molecule has 0 radical (unpaired) electrons. The van der Waals surface area contributed by atoms with Gasteiger partial charge < -0.3 is 10.4 Å². The quantitative estimate of drug-likeness (QED) is 0.822. The van der Waals surface area contributed by atoms with Gasteiger partial charge in [0.15, 0.2) is 0 Å². The third-order valence-electron chi connectivity index (χ3n) is 2.18. The number of rotatable bonds is 4. The molecule has 0 heterocycles. The average molecular weight is 274 g/mol. The highest BCUT2D eigenvalue weighted by Crippen LogP contribution is 2.28. The van der Waals surface area contributed by atoms with Gasteiger partial charge >= 0.3 is 5.97 Å². The zero-order chi connectivity index (χ0) is 13.0. The van der Waals surface area contributed by atoms with Crippen molar-refractivity contribution in [3.8, 4) is 0 Å². The lowest BCUT2D eigenvalue weighted by molar-refractivity contribution is -0.131. The minimum absolute atomic E-state index is 0.408. The molecule has 3 nitrogen and oxygen atoms in total. The second-order valence-electron chi connectivity index (χ2n) is 3.76. The molecule has 0 bridgehead atoms. The summed E-state index contributed by atoms with van der Waals surface area (Å²) in [7, 11) is 0. The Balaban J connectivity index is 2.76. The smallest absolute Gasteiger partial charge is 0.328 e. The van der Waals surface area contributed by atoms with E-state index >= 15 is 0 Å². The first-order chi connectivity index (χ1) is 7.90. The van der Waals surface area contributed by atoms with E-state index < -0.39 is 5.97 Å². The molecular weight excluding hydrogens is 261 g/mol. The number of aryl methyl sites for hydroxylation is 1. The zero-order valence-corrected chi connectivity index (χ0v) is 11.1. The molecule has 0 unspecified atom stereocenters. The second kappa shape index (κ2) is 5.94. The van der Waals surface area contributed by atoms with E-state index in [1.54, 1.807) is 19.1 Å². The normalized spacial score (nSPS) is 11.4. The summed E-state index contributed by atoms with van der Waals surface area (Å²) < 4.78 is 0. The van der Waals surface area contributed by atoms with Crippen molar-refractivity contribution in [2.45, 2.75) is 13.8 Å². The summed E-state index contributed by atoms with van der Waals surface area (Å²) in [5.41, 5.74) is 2.30. The molecule has 0 amide bonds. The van der Waals surface area contributed by atoms with Crippen molar-refractivity contribution in [3.63, 3.8) is 0 Å².